The van der Waals surface area contributed by atoms with Gasteiger partial charge in [0.05, 0.1) is 5.54 Å². The van der Waals surface area contributed by atoms with Crippen molar-refractivity contribution < 1.29 is 4.79 Å². The number of nitrogens with zero attached hydrogens (tertiary/aromatic N) is 1. The Morgan fingerprint density at radius 1 is 1.20 bits per heavy atom. The summed E-state index contributed by atoms with van der Waals surface area (Å²) < 4.78 is 0. The molecule has 0 aromatic heterocycles. The van der Waals surface area contributed by atoms with Crippen LogP contribution in [-0.4, -0.2) is 23.1 Å². The minimum Gasteiger partial charge on any atom is -0.211 e. The number of aliphatic imine (C=N–C) groups is 1. The highest BCUT2D eigenvalue weighted by Gasteiger charge is 2.22. The van der Waals surface area contributed by atoms with Gasteiger partial charge in [-0.15, -0.1) is 23.5 Å². The molecule has 0 aliphatic rings. The molecule has 0 amide bonds. The summed E-state index contributed by atoms with van der Waals surface area (Å²) in [5, 5.41) is 4.03. The summed E-state index contributed by atoms with van der Waals surface area (Å²) >= 11 is 3.34. The zero-order valence-corrected chi connectivity index (χ0v) is 11.0. The van der Waals surface area contributed by atoms with Crippen LogP contribution in [0.25, 0.3) is 0 Å². The van der Waals surface area contributed by atoms with Crippen LogP contribution in [0.1, 0.15) is 20.8 Å². The first-order valence-electron chi connectivity index (χ1n) is 4.73. The number of hydrogen-bond acceptors (Lipinski definition) is 4. The zero-order chi connectivity index (χ0) is 11.6. The first-order valence-corrected chi connectivity index (χ1v) is 6.83. The highest BCUT2D eigenvalue weighted by atomic mass is 32.2. The van der Waals surface area contributed by atoms with E-state index in [1.54, 1.807) is 29.6 Å². The largest absolute Gasteiger partial charge is 0.235 e. The van der Waals surface area contributed by atoms with Gasteiger partial charge in [0.2, 0.25) is 6.08 Å². The van der Waals surface area contributed by atoms with E-state index >= 15 is 0 Å². The van der Waals surface area contributed by atoms with Gasteiger partial charge in [-0.3, -0.25) is 0 Å². The molecule has 0 aliphatic heterocycles. The molecule has 15 heavy (non-hydrogen) atoms. The molecule has 4 heteroatoms. The Kier molecular flexibility index (Phi) is 8.58. The van der Waals surface area contributed by atoms with Gasteiger partial charge in [0.15, 0.2) is 0 Å². The smallest absolute Gasteiger partial charge is 0.211 e. The SMILES string of the molecule is CC=CSCC(C)(CSC=CC)N=C=O. The zero-order valence-electron chi connectivity index (χ0n) is 9.40. The van der Waals surface area contributed by atoms with Gasteiger partial charge in [-0.25, -0.2) is 4.79 Å². The van der Waals surface area contributed by atoms with E-state index in [1.165, 1.54) is 0 Å². The minimum absolute atomic E-state index is 0.323. The first-order chi connectivity index (χ1) is 7.18. The predicted octanol–water partition coefficient (Wildman–Crippen LogP) is 3.61. The Morgan fingerprint density at radius 3 is 2.00 bits per heavy atom. The molecule has 0 rings (SSSR count). The molecular formula is C11H17NOS2. The fourth-order valence-electron chi connectivity index (χ4n) is 0.864. The monoisotopic (exact) mass is 243 g/mol. The van der Waals surface area contributed by atoms with Gasteiger partial charge in [-0.2, -0.15) is 4.99 Å². The number of rotatable bonds is 7. The normalized spacial score (nSPS) is 15.4. The summed E-state index contributed by atoms with van der Waals surface area (Å²) in [4.78, 5) is 14.2. The number of thioether (sulfide) groups is 2. The third kappa shape index (κ3) is 7.48. The molecular weight excluding hydrogens is 226 g/mol. The van der Waals surface area contributed by atoms with Gasteiger partial charge >= 0.3 is 0 Å². The number of hydrogen-bond donors (Lipinski definition) is 0. The van der Waals surface area contributed by atoms with E-state index in [0.29, 0.717) is 0 Å². The molecule has 0 aromatic rings. The lowest BCUT2D eigenvalue weighted by Crippen LogP contribution is -2.28. The fourth-order valence-corrected chi connectivity index (χ4v) is 2.62. The van der Waals surface area contributed by atoms with Crippen LogP contribution in [0.15, 0.2) is 28.0 Å². The van der Waals surface area contributed by atoms with E-state index in [-0.39, 0.29) is 5.54 Å². The van der Waals surface area contributed by atoms with Crippen molar-refractivity contribution in [2.75, 3.05) is 11.5 Å². The summed E-state index contributed by atoms with van der Waals surface area (Å²) in [5.74, 6) is 1.61. The molecule has 0 aliphatic carbocycles. The molecule has 0 fully saturated rings. The van der Waals surface area contributed by atoms with Crippen molar-refractivity contribution in [1.82, 2.24) is 0 Å². The fraction of sp³-hybridized carbons (Fsp3) is 0.545. The van der Waals surface area contributed by atoms with Crippen molar-refractivity contribution in [3.63, 3.8) is 0 Å². The van der Waals surface area contributed by atoms with Crippen LogP contribution in [0.2, 0.25) is 0 Å². The molecule has 0 radical (unpaired) electrons. The van der Waals surface area contributed by atoms with Crippen LogP contribution >= 0.6 is 23.5 Å². The molecule has 0 spiro atoms. The van der Waals surface area contributed by atoms with Crippen LogP contribution in [-0.2, 0) is 4.79 Å². The van der Waals surface area contributed by atoms with Gasteiger partial charge < -0.3 is 0 Å². The second-order valence-electron chi connectivity index (χ2n) is 3.26. The third-order valence-corrected chi connectivity index (χ3v) is 4.08. The Labute approximate surface area is 100 Å². The highest BCUT2D eigenvalue weighted by Crippen LogP contribution is 2.23. The number of allylic oxidation sites excluding steroid dienone is 2. The third-order valence-electron chi connectivity index (χ3n) is 1.57. The predicted molar refractivity (Wildman–Crippen MR) is 71.1 cm³/mol. The second kappa shape index (κ2) is 8.84. The Balaban J connectivity index is 4.23. The standard InChI is InChI=1S/C11H17NOS2/c1-4-6-14-8-11(3,12-10-13)9-15-7-5-2/h4-7H,8-9H2,1-3H3. The highest BCUT2D eigenvalue weighted by molar-refractivity contribution is 8.03. The van der Waals surface area contributed by atoms with Crippen molar-refractivity contribution in [2.24, 2.45) is 4.99 Å². The van der Waals surface area contributed by atoms with Crippen LogP contribution in [0.5, 0.6) is 0 Å². The molecule has 0 saturated carbocycles. The van der Waals surface area contributed by atoms with Crippen molar-refractivity contribution in [2.45, 2.75) is 26.3 Å². The Morgan fingerprint density at radius 2 is 1.67 bits per heavy atom. The maximum atomic E-state index is 10.3. The van der Waals surface area contributed by atoms with Gasteiger partial charge in [-0.05, 0) is 31.6 Å². The van der Waals surface area contributed by atoms with Crippen LogP contribution < -0.4 is 0 Å². The molecule has 0 unspecified atom stereocenters. The maximum absolute atomic E-state index is 10.3. The molecule has 0 bridgehead atoms. The topological polar surface area (TPSA) is 29.4 Å². The lowest BCUT2D eigenvalue weighted by molar-refractivity contribution is 0.542. The van der Waals surface area contributed by atoms with E-state index in [0.717, 1.165) is 11.5 Å². The lowest BCUT2D eigenvalue weighted by Gasteiger charge is -2.20. The van der Waals surface area contributed by atoms with Crippen LogP contribution in [0, 0.1) is 0 Å². The average molecular weight is 243 g/mol. The van der Waals surface area contributed by atoms with E-state index in [2.05, 4.69) is 4.99 Å². The van der Waals surface area contributed by atoms with E-state index in [1.807, 2.05) is 43.7 Å². The maximum Gasteiger partial charge on any atom is 0.235 e. The summed E-state index contributed by atoms with van der Waals surface area (Å²) in [6.45, 7) is 5.93. The Bertz CT molecular complexity index is 252. The summed E-state index contributed by atoms with van der Waals surface area (Å²) in [7, 11) is 0. The van der Waals surface area contributed by atoms with E-state index in [4.69, 9.17) is 0 Å². The van der Waals surface area contributed by atoms with Gasteiger partial charge in [0.25, 0.3) is 0 Å². The van der Waals surface area contributed by atoms with Gasteiger partial charge in [-0.1, -0.05) is 12.2 Å². The molecule has 0 N–H and O–H groups in total. The Hall–Kier alpha value is -0.440. The van der Waals surface area contributed by atoms with Crippen molar-refractivity contribution in [3.05, 3.63) is 23.0 Å². The quantitative estimate of drug-likeness (QED) is 0.505. The summed E-state index contributed by atoms with van der Waals surface area (Å²) in [5.41, 5.74) is -0.323. The first kappa shape index (κ1) is 14.6. The summed E-state index contributed by atoms with van der Waals surface area (Å²) in [6, 6.07) is 0. The second-order valence-corrected chi connectivity index (χ2v) is 5.05. The van der Waals surface area contributed by atoms with Gasteiger partial charge in [0.1, 0.15) is 0 Å². The van der Waals surface area contributed by atoms with E-state index in [9.17, 15) is 4.79 Å². The van der Waals surface area contributed by atoms with Gasteiger partial charge in [0, 0.05) is 11.5 Å². The average Bonchev–Trinajstić information content (AvgIpc) is 2.19. The molecule has 0 saturated heterocycles. The molecule has 0 heterocycles. The van der Waals surface area contributed by atoms with Crippen molar-refractivity contribution in [1.29, 1.82) is 0 Å². The van der Waals surface area contributed by atoms with Crippen molar-refractivity contribution >= 4 is 29.6 Å². The number of carbonyl (C=O) groups excluding carboxylic acids is 1. The molecule has 0 atom stereocenters. The van der Waals surface area contributed by atoms with E-state index < -0.39 is 0 Å². The lowest BCUT2D eigenvalue weighted by atomic mass is 10.1. The number of isocyanates is 1. The molecule has 84 valence electrons. The van der Waals surface area contributed by atoms with Crippen molar-refractivity contribution in [3.8, 4) is 0 Å². The minimum atomic E-state index is -0.323. The van der Waals surface area contributed by atoms with Crippen LogP contribution in [0.3, 0.4) is 0 Å². The molecule has 2 nitrogen and oxygen atoms in total. The summed E-state index contributed by atoms with van der Waals surface area (Å²) in [6.07, 6.45) is 5.62. The molecule has 0 aromatic carbocycles. The van der Waals surface area contributed by atoms with Crippen LogP contribution in [0.4, 0.5) is 0 Å².